The predicted molar refractivity (Wildman–Crippen MR) is 77.6 cm³/mol. The molecule has 1 aromatic heterocycles. The van der Waals surface area contributed by atoms with Crippen molar-refractivity contribution >= 4 is 17.6 Å². The smallest absolute Gasteiger partial charge is 0.323 e. The van der Waals surface area contributed by atoms with Crippen molar-refractivity contribution < 1.29 is 14.7 Å². The normalized spacial score (nSPS) is 10.1. The number of nitrogens with one attached hydrogen (secondary N) is 1. The average Bonchev–Trinajstić information content (AvgIpc) is 2.45. The second kappa shape index (κ2) is 6.04. The van der Waals surface area contributed by atoms with Gasteiger partial charge in [-0.15, -0.1) is 0 Å². The van der Waals surface area contributed by atoms with Crippen molar-refractivity contribution in [2.24, 2.45) is 0 Å². The number of aryl methyl sites for hydroxylation is 1. The topological polar surface area (TPSA) is 90.5 Å². The Kier molecular flexibility index (Phi) is 4.18. The summed E-state index contributed by atoms with van der Waals surface area (Å²) in [5, 5.41) is 8.99. The first-order valence-corrected chi connectivity index (χ1v) is 6.26. The first kappa shape index (κ1) is 14.5. The van der Waals surface area contributed by atoms with Crippen LogP contribution >= 0.6 is 0 Å². The first-order chi connectivity index (χ1) is 9.99. The Bertz CT molecular complexity index is 719. The molecule has 1 aromatic carbocycles. The van der Waals surface area contributed by atoms with Crippen LogP contribution in [-0.2, 0) is 4.79 Å². The van der Waals surface area contributed by atoms with E-state index in [0.29, 0.717) is 5.69 Å². The zero-order valence-electron chi connectivity index (χ0n) is 11.4. The molecule has 0 aliphatic carbocycles. The second-order valence-corrected chi connectivity index (χ2v) is 4.54. The molecule has 0 spiro atoms. The number of carbonyl (C=O) groups is 2. The van der Waals surface area contributed by atoms with Gasteiger partial charge < -0.3 is 10.1 Å². The number of rotatable bonds is 4. The molecular weight excluding hydrogens is 272 g/mol. The lowest BCUT2D eigenvalue weighted by molar-refractivity contribution is -0.135. The number of carboxylic acids is 1. The predicted octanol–water partition coefficient (Wildman–Crippen LogP) is 1.41. The number of hydrogen-bond acceptors (Lipinski definition) is 3. The van der Waals surface area contributed by atoms with Crippen LogP contribution in [0.5, 0.6) is 0 Å². The molecule has 2 rings (SSSR count). The van der Waals surface area contributed by atoms with Crippen molar-refractivity contribution in [2.75, 3.05) is 11.4 Å². The zero-order chi connectivity index (χ0) is 15.4. The molecule has 1 heterocycles. The van der Waals surface area contributed by atoms with Crippen molar-refractivity contribution in [3.05, 3.63) is 64.1 Å². The number of pyridine rings is 1. The number of aromatic nitrogens is 1. The highest BCUT2D eigenvalue weighted by molar-refractivity contribution is 6.07. The Labute approximate surface area is 120 Å². The summed E-state index contributed by atoms with van der Waals surface area (Å²) in [4.78, 5) is 38.9. The summed E-state index contributed by atoms with van der Waals surface area (Å²) < 4.78 is 0. The molecule has 0 radical (unpaired) electrons. The summed E-state index contributed by atoms with van der Waals surface area (Å²) in [7, 11) is 0. The minimum absolute atomic E-state index is 0.0978. The number of aliphatic carboxylic acids is 1. The van der Waals surface area contributed by atoms with Crippen LogP contribution in [0.4, 0.5) is 5.69 Å². The number of H-pyrrole nitrogens is 1. The molecule has 6 heteroatoms. The maximum atomic E-state index is 12.4. The van der Waals surface area contributed by atoms with E-state index in [4.69, 9.17) is 5.11 Å². The highest BCUT2D eigenvalue weighted by Crippen LogP contribution is 2.16. The van der Waals surface area contributed by atoms with E-state index in [1.165, 1.54) is 18.5 Å². The van der Waals surface area contributed by atoms with Gasteiger partial charge >= 0.3 is 5.97 Å². The van der Waals surface area contributed by atoms with Crippen molar-refractivity contribution in [1.82, 2.24) is 4.98 Å². The van der Waals surface area contributed by atoms with E-state index >= 15 is 0 Å². The van der Waals surface area contributed by atoms with Gasteiger partial charge in [0.1, 0.15) is 12.1 Å². The SMILES string of the molecule is Cc1ccc(N(CC(=O)O)C(=O)c2c[nH]ccc2=O)cc1. The first-order valence-electron chi connectivity index (χ1n) is 6.26. The monoisotopic (exact) mass is 286 g/mol. The van der Waals surface area contributed by atoms with Crippen LogP contribution in [0.25, 0.3) is 0 Å². The lowest BCUT2D eigenvalue weighted by Crippen LogP contribution is -2.38. The summed E-state index contributed by atoms with van der Waals surface area (Å²) in [6, 6.07) is 8.06. The molecular formula is C15H14N2O4. The van der Waals surface area contributed by atoms with Crippen LogP contribution in [0.2, 0.25) is 0 Å². The summed E-state index contributed by atoms with van der Waals surface area (Å²) in [5.74, 6) is -1.81. The summed E-state index contributed by atoms with van der Waals surface area (Å²) in [5.41, 5.74) is 0.857. The number of carboxylic acid groups (broad SMARTS) is 1. The lowest BCUT2D eigenvalue weighted by atomic mass is 10.2. The Hall–Kier alpha value is -2.89. The van der Waals surface area contributed by atoms with Gasteiger partial charge in [0.2, 0.25) is 0 Å². The van der Waals surface area contributed by atoms with E-state index in [-0.39, 0.29) is 5.56 Å². The van der Waals surface area contributed by atoms with Gasteiger partial charge in [-0.3, -0.25) is 19.3 Å². The quantitative estimate of drug-likeness (QED) is 0.889. The second-order valence-electron chi connectivity index (χ2n) is 4.54. The Morgan fingerprint density at radius 2 is 1.86 bits per heavy atom. The minimum atomic E-state index is -1.16. The van der Waals surface area contributed by atoms with Crippen molar-refractivity contribution in [1.29, 1.82) is 0 Å². The van der Waals surface area contributed by atoms with Crippen molar-refractivity contribution in [2.45, 2.75) is 6.92 Å². The fourth-order valence-corrected chi connectivity index (χ4v) is 1.87. The van der Waals surface area contributed by atoms with Crippen LogP contribution in [0, 0.1) is 6.92 Å². The van der Waals surface area contributed by atoms with Gasteiger partial charge in [0, 0.05) is 24.1 Å². The fourth-order valence-electron chi connectivity index (χ4n) is 1.87. The molecule has 0 atom stereocenters. The third kappa shape index (κ3) is 3.36. The number of amides is 1. The third-order valence-electron chi connectivity index (χ3n) is 2.94. The van der Waals surface area contributed by atoms with Crippen molar-refractivity contribution in [3.63, 3.8) is 0 Å². The number of anilines is 1. The maximum Gasteiger partial charge on any atom is 0.323 e. The molecule has 0 saturated heterocycles. The number of nitrogens with zero attached hydrogens (tertiary/aromatic N) is 1. The summed E-state index contributed by atoms with van der Waals surface area (Å²) >= 11 is 0. The lowest BCUT2D eigenvalue weighted by Gasteiger charge is -2.20. The van der Waals surface area contributed by atoms with E-state index in [1.807, 2.05) is 6.92 Å². The molecule has 0 saturated carbocycles. The number of carbonyl (C=O) groups excluding carboxylic acids is 1. The maximum absolute atomic E-state index is 12.4. The van der Waals surface area contributed by atoms with Crippen LogP contribution in [0.1, 0.15) is 15.9 Å². The highest BCUT2D eigenvalue weighted by atomic mass is 16.4. The van der Waals surface area contributed by atoms with Crippen molar-refractivity contribution in [3.8, 4) is 0 Å². The molecule has 108 valence electrons. The van der Waals surface area contributed by atoms with Gasteiger partial charge in [-0.2, -0.15) is 0 Å². The number of aromatic amines is 1. The molecule has 2 aromatic rings. The van der Waals surface area contributed by atoms with Crippen LogP contribution in [-0.4, -0.2) is 28.5 Å². The van der Waals surface area contributed by atoms with Gasteiger partial charge in [0.15, 0.2) is 5.43 Å². The van der Waals surface area contributed by atoms with Gasteiger partial charge in [-0.1, -0.05) is 17.7 Å². The highest BCUT2D eigenvalue weighted by Gasteiger charge is 2.22. The molecule has 6 nitrogen and oxygen atoms in total. The average molecular weight is 286 g/mol. The Morgan fingerprint density at radius 3 is 2.43 bits per heavy atom. The third-order valence-corrected chi connectivity index (χ3v) is 2.94. The van der Waals surface area contributed by atoms with E-state index in [9.17, 15) is 14.4 Å². The van der Waals surface area contributed by atoms with Gasteiger partial charge in [0.05, 0.1) is 0 Å². The molecule has 0 bridgehead atoms. The van der Waals surface area contributed by atoms with Gasteiger partial charge in [-0.25, -0.2) is 0 Å². The van der Waals surface area contributed by atoms with Gasteiger partial charge in [0.25, 0.3) is 5.91 Å². The molecule has 21 heavy (non-hydrogen) atoms. The molecule has 0 aliphatic rings. The van der Waals surface area contributed by atoms with Crippen LogP contribution in [0.15, 0.2) is 47.5 Å². The van der Waals surface area contributed by atoms with Crippen LogP contribution < -0.4 is 10.3 Å². The van der Waals surface area contributed by atoms with Crippen LogP contribution in [0.3, 0.4) is 0 Å². The van der Waals surface area contributed by atoms with E-state index < -0.39 is 23.9 Å². The number of hydrogen-bond donors (Lipinski definition) is 2. The molecule has 0 unspecified atom stereocenters. The van der Waals surface area contributed by atoms with Gasteiger partial charge in [-0.05, 0) is 19.1 Å². The Balaban J connectivity index is 2.43. The van der Waals surface area contributed by atoms with E-state index in [0.717, 1.165) is 10.5 Å². The largest absolute Gasteiger partial charge is 0.480 e. The Morgan fingerprint density at radius 1 is 1.19 bits per heavy atom. The molecule has 0 aliphatic heterocycles. The van der Waals surface area contributed by atoms with E-state index in [1.54, 1.807) is 24.3 Å². The minimum Gasteiger partial charge on any atom is -0.480 e. The fraction of sp³-hybridized carbons (Fsp3) is 0.133. The molecule has 0 fully saturated rings. The number of benzene rings is 1. The zero-order valence-corrected chi connectivity index (χ0v) is 11.4. The molecule has 2 N–H and O–H groups in total. The summed E-state index contributed by atoms with van der Waals surface area (Å²) in [6.07, 6.45) is 2.68. The van der Waals surface area contributed by atoms with E-state index in [2.05, 4.69) is 4.98 Å². The summed E-state index contributed by atoms with van der Waals surface area (Å²) in [6.45, 7) is 1.37. The standard InChI is InChI=1S/C15H14N2O4/c1-10-2-4-11(5-3-10)17(9-14(19)20)15(21)12-8-16-7-6-13(12)18/h2-8H,9H2,1H3,(H,16,18)(H,19,20). The molecule has 1 amide bonds.